The van der Waals surface area contributed by atoms with Crippen LogP contribution in [0.1, 0.15) is 34.9 Å². The third-order valence-electron chi connectivity index (χ3n) is 3.87. The fraction of sp³-hybridized carbons (Fsp3) is 0.222. The minimum Gasteiger partial charge on any atom is -0.444 e. The van der Waals surface area contributed by atoms with Gasteiger partial charge in [0, 0.05) is 23.7 Å². The van der Waals surface area contributed by atoms with Gasteiger partial charge in [-0.15, -0.1) is 0 Å². The molecular formula is C18H15ClN2O5. The molecule has 1 aliphatic carbocycles. The van der Waals surface area contributed by atoms with Gasteiger partial charge in [0.25, 0.3) is 11.6 Å². The van der Waals surface area contributed by atoms with Crippen LogP contribution in [0.2, 0.25) is 5.02 Å². The largest absolute Gasteiger partial charge is 0.444 e. The van der Waals surface area contributed by atoms with E-state index in [2.05, 4.69) is 5.32 Å². The van der Waals surface area contributed by atoms with Crippen LogP contribution in [-0.4, -0.2) is 22.8 Å². The summed E-state index contributed by atoms with van der Waals surface area (Å²) in [6.45, 7) is 0. The van der Waals surface area contributed by atoms with Gasteiger partial charge < -0.3 is 10.1 Å². The van der Waals surface area contributed by atoms with Gasteiger partial charge in [-0.1, -0.05) is 41.9 Å². The van der Waals surface area contributed by atoms with Gasteiger partial charge in [0.2, 0.25) is 6.10 Å². The summed E-state index contributed by atoms with van der Waals surface area (Å²) in [5.41, 5.74) is 0.0432. The van der Waals surface area contributed by atoms with Crippen molar-refractivity contribution in [2.24, 2.45) is 0 Å². The second-order valence-electron chi connectivity index (χ2n) is 5.90. The number of nitro benzene ring substituents is 1. The standard InChI is InChI=1S/C18H15ClN2O5/c19-15-9-8-13(21(24)25)10-14(15)18(23)26-16(11-4-2-1-3-5-11)17(22)20-12-6-7-12/h1-5,8-10,12,16H,6-7H2,(H,20,22)/t16-/m0/s1. The van der Waals surface area contributed by atoms with Crippen LogP contribution >= 0.6 is 11.6 Å². The molecule has 1 fully saturated rings. The van der Waals surface area contributed by atoms with E-state index in [4.69, 9.17) is 16.3 Å². The highest BCUT2D eigenvalue weighted by molar-refractivity contribution is 6.33. The Labute approximate surface area is 154 Å². The first-order chi connectivity index (χ1) is 12.5. The smallest absolute Gasteiger partial charge is 0.341 e. The molecule has 1 amide bonds. The van der Waals surface area contributed by atoms with E-state index < -0.39 is 22.9 Å². The number of benzene rings is 2. The van der Waals surface area contributed by atoms with Crippen molar-refractivity contribution in [3.63, 3.8) is 0 Å². The molecule has 1 aliphatic rings. The highest BCUT2D eigenvalue weighted by Crippen LogP contribution is 2.27. The van der Waals surface area contributed by atoms with E-state index in [9.17, 15) is 19.7 Å². The zero-order chi connectivity index (χ0) is 18.7. The highest BCUT2D eigenvalue weighted by atomic mass is 35.5. The molecule has 0 aromatic heterocycles. The Morgan fingerprint density at radius 2 is 1.88 bits per heavy atom. The summed E-state index contributed by atoms with van der Waals surface area (Å²) in [4.78, 5) is 35.3. The van der Waals surface area contributed by atoms with Gasteiger partial charge in [0.1, 0.15) is 0 Å². The number of nitro groups is 1. The second kappa shape index (κ2) is 7.53. The molecule has 1 saturated carbocycles. The molecule has 134 valence electrons. The summed E-state index contributed by atoms with van der Waals surface area (Å²) >= 11 is 5.98. The number of non-ortho nitro benzene ring substituents is 1. The van der Waals surface area contributed by atoms with Gasteiger partial charge in [-0.3, -0.25) is 14.9 Å². The predicted octanol–water partition coefficient (Wildman–Crippen LogP) is 3.42. The number of ether oxygens (including phenoxy) is 1. The van der Waals surface area contributed by atoms with Crippen LogP contribution in [-0.2, 0) is 9.53 Å². The van der Waals surface area contributed by atoms with Crippen molar-refractivity contribution >= 4 is 29.2 Å². The number of hydrogen-bond acceptors (Lipinski definition) is 5. The topological polar surface area (TPSA) is 98.5 Å². The molecule has 0 heterocycles. The SMILES string of the molecule is O=C(O[C@H](C(=O)NC1CC1)c1ccccc1)c1cc([N+](=O)[O-])ccc1Cl. The third kappa shape index (κ3) is 4.18. The Bertz CT molecular complexity index is 852. The lowest BCUT2D eigenvalue weighted by Gasteiger charge is -2.18. The van der Waals surface area contributed by atoms with Crippen LogP contribution in [0.15, 0.2) is 48.5 Å². The molecule has 1 N–H and O–H groups in total. The molecule has 0 unspecified atom stereocenters. The lowest BCUT2D eigenvalue weighted by atomic mass is 10.1. The summed E-state index contributed by atoms with van der Waals surface area (Å²) < 4.78 is 5.37. The van der Waals surface area contributed by atoms with Crippen molar-refractivity contribution in [2.75, 3.05) is 0 Å². The average Bonchev–Trinajstić information content (AvgIpc) is 3.44. The minimum absolute atomic E-state index is 0.00927. The van der Waals surface area contributed by atoms with Crippen LogP contribution < -0.4 is 5.32 Å². The Balaban J connectivity index is 1.86. The van der Waals surface area contributed by atoms with E-state index in [1.165, 1.54) is 12.1 Å². The molecule has 0 radical (unpaired) electrons. The van der Waals surface area contributed by atoms with E-state index in [1.54, 1.807) is 30.3 Å². The van der Waals surface area contributed by atoms with E-state index in [0.717, 1.165) is 18.9 Å². The Kier molecular flexibility index (Phi) is 5.18. The van der Waals surface area contributed by atoms with Crippen LogP contribution in [0.5, 0.6) is 0 Å². The molecule has 0 saturated heterocycles. The molecule has 26 heavy (non-hydrogen) atoms. The van der Waals surface area contributed by atoms with Gasteiger partial charge in [-0.05, 0) is 18.9 Å². The molecule has 2 aromatic carbocycles. The molecular weight excluding hydrogens is 360 g/mol. The van der Waals surface area contributed by atoms with Crippen LogP contribution in [0, 0.1) is 10.1 Å². The lowest BCUT2D eigenvalue weighted by Crippen LogP contribution is -2.33. The first-order valence-corrected chi connectivity index (χ1v) is 8.34. The van der Waals surface area contributed by atoms with Crippen molar-refractivity contribution in [3.8, 4) is 0 Å². The number of halogens is 1. The van der Waals surface area contributed by atoms with Crippen molar-refractivity contribution < 1.29 is 19.2 Å². The fourth-order valence-corrected chi connectivity index (χ4v) is 2.55. The predicted molar refractivity (Wildman–Crippen MR) is 93.9 cm³/mol. The number of rotatable bonds is 6. The number of carbonyl (C=O) groups is 2. The van der Waals surface area contributed by atoms with Crippen molar-refractivity contribution in [2.45, 2.75) is 25.0 Å². The van der Waals surface area contributed by atoms with Gasteiger partial charge >= 0.3 is 5.97 Å². The van der Waals surface area contributed by atoms with Crippen molar-refractivity contribution in [3.05, 3.63) is 74.8 Å². The number of nitrogens with zero attached hydrogens (tertiary/aromatic N) is 1. The fourth-order valence-electron chi connectivity index (χ4n) is 2.36. The molecule has 8 heteroatoms. The number of carbonyl (C=O) groups excluding carboxylic acids is 2. The van der Waals surface area contributed by atoms with Gasteiger partial charge in [-0.25, -0.2) is 4.79 Å². The molecule has 0 bridgehead atoms. The summed E-state index contributed by atoms with van der Waals surface area (Å²) in [6, 6.07) is 12.1. The number of amides is 1. The maximum atomic E-state index is 12.5. The Morgan fingerprint density at radius 3 is 2.50 bits per heavy atom. The maximum absolute atomic E-state index is 12.5. The van der Waals surface area contributed by atoms with E-state index in [-0.39, 0.29) is 22.3 Å². The summed E-state index contributed by atoms with van der Waals surface area (Å²) in [5.74, 6) is -1.34. The van der Waals surface area contributed by atoms with Crippen LogP contribution in [0.4, 0.5) is 5.69 Å². The van der Waals surface area contributed by atoms with E-state index in [0.29, 0.717) is 5.56 Å². The van der Waals surface area contributed by atoms with E-state index >= 15 is 0 Å². The third-order valence-corrected chi connectivity index (χ3v) is 4.20. The number of esters is 1. The first kappa shape index (κ1) is 17.9. The summed E-state index contributed by atoms with van der Waals surface area (Å²) in [7, 11) is 0. The van der Waals surface area contributed by atoms with Gasteiger partial charge in [0.05, 0.1) is 15.5 Å². The van der Waals surface area contributed by atoms with Crippen molar-refractivity contribution in [1.29, 1.82) is 0 Å². The highest BCUT2D eigenvalue weighted by Gasteiger charge is 2.31. The van der Waals surface area contributed by atoms with Gasteiger partial charge in [0.15, 0.2) is 0 Å². The molecule has 3 rings (SSSR count). The van der Waals surface area contributed by atoms with Crippen LogP contribution in [0.3, 0.4) is 0 Å². The molecule has 0 aliphatic heterocycles. The lowest BCUT2D eigenvalue weighted by molar-refractivity contribution is -0.384. The Morgan fingerprint density at radius 1 is 1.19 bits per heavy atom. The quantitative estimate of drug-likeness (QED) is 0.474. The van der Waals surface area contributed by atoms with Crippen LogP contribution in [0.25, 0.3) is 0 Å². The normalized spacial score (nSPS) is 14.3. The first-order valence-electron chi connectivity index (χ1n) is 7.96. The van der Waals surface area contributed by atoms with Crippen molar-refractivity contribution in [1.82, 2.24) is 5.32 Å². The number of hydrogen-bond donors (Lipinski definition) is 1. The average molecular weight is 375 g/mol. The molecule has 7 nitrogen and oxygen atoms in total. The summed E-state index contributed by atoms with van der Waals surface area (Å²) in [5, 5.41) is 13.7. The van der Waals surface area contributed by atoms with Gasteiger partial charge in [-0.2, -0.15) is 0 Å². The molecule has 0 spiro atoms. The Hall–Kier alpha value is -2.93. The second-order valence-corrected chi connectivity index (χ2v) is 6.31. The maximum Gasteiger partial charge on any atom is 0.341 e. The zero-order valence-corrected chi connectivity index (χ0v) is 14.3. The minimum atomic E-state index is -1.17. The summed E-state index contributed by atoms with van der Waals surface area (Å²) in [6.07, 6.45) is 0.607. The molecule has 1 atom stereocenters. The molecule has 2 aromatic rings. The van der Waals surface area contributed by atoms with E-state index in [1.807, 2.05) is 0 Å². The number of nitrogens with one attached hydrogen (secondary N) is 1. The monoisotopic (exact) mass is 374 g/mol. The zero-order valence-electron chi connectivity index (χ0n) is 13.6.